The van der Waals surface area contributed by atoms with E-state index in [4.69, 9.17) is 4.74 Å². The van der Waals surface area contributed by atoms with E-state index in [1.807, 2.05) is 0 Å². The SMILES string of the molecule is O=C1CCc2cc(C(=O)NC(C(=O)O)c3ccc4c(c3)CCO4)ccc2N1. The summed E-state index contributed by atoms with van der Waals surface area (Å²) in [4.78, 5) is 35.8. The highest BCUT2D eigenvalue weighted by atomic mass is 16.5. The molecular weight excluding hydrogens is 348 g/mol. The molecule has 2 aromatic carbocycles. The number of rotatable bonds is 4. The van der Waals surface area contributed by atoms with Crippen molar-refractivity contribution in [2.24, 2.45) is 0 Å². The smallest absolute Gasteiger partial charge is 0.330 e. The largest absolute Gasteiger partial charge is 0.493 e. The fourth-order valence-corrected chi connectivity index (χ4v) is 3.41. The van der Waals surface area contributed by atoms with Gasteiger partial charge in [0.1, 0.15) is 5.75 Å². The van der Waals surface area contributed by atoms with Gasteiger partial charge in [-0.2, -0.15) is 0 Å². The lowest BCUT2D eigenvalue weighted by Gasteiger charge is -2.19. The molecule has 138 valence electrons. The van der Waals surface area contributed by atoms with Crippen LogP contribution in [0, 0.1) is 0 Å². The zero-order valence-corrected chi connectivity index (χ0v) is 14.5. The van der Waals surface area contributed by atoms with E-state index < -0.39 is 17.9 Å². The van der Waals surface area contributed by atoms with Gasteiger partial charge in [-0.3, -0.25) is 9.59 Å². The Balaban J connectivity index is 1.56. The molecule has 2 heterocycles. The van der Waals surface area contributed by atoms with E-state index >= 15 is 0 Å². The van der Waals surface area contributed by atoms with Crippen molar-refractivity contribution in [1.29, 1.82) is 0 Å². The number of aryl methyl sites for hydroxylation is 1. The Bertz CT molecular complexity index is 953. The number of aliphatic carboxylic acids is 1. The fraction of sp³-hybridized carbons (Fsp3) is 0.250. The zero-order chi connectivity index (χ0) is 19.0. The van der Waals surface area contributed by atoms with E-state index in [1.54, 1.807) is 36.4 Å². The molecule has 2 aliphatic heterocycles. The minimum atomic E-state index is -1.15. The average Bonchev–Trinajstić information content (AvgIpc) is 3.13. The van der Waals surface area contributed by atoms with Gasteiger partial charge in [0.15, 0.2) is 6.04 Å². The maximum absolute atomic E-state index is 12.6. The van der Waals surface area contributed by atoms with Crippen LogP contribution in [0.25, 0.3) is 0 Å². The molecule has 1 unspecified atom stereocenters. The Labute approximate surface area is 155 Å². The maximum Gasteiger partial charge on any atom is 0.330 e. The number of hydrogen-bond donors (Lipinski definition) is 3. The summed E-state index contributed by atoms with van der Waals surface area (Å²) in [6, 6.07) is 8.95. The van der Waals surface area contributed by atoms with Crippen molar-refractivity contribution in [2.45, 2.75) is 25.3 Å². The van der Waals surface area contributed by atoms with Crippen LogP contribution in [-0.2, 0) is 22.4 Å². The topological polar surface area (TPSA) is 105 Å². The molecule has 1 atom stereocenters. The molecule has 0 fully saturated rings. The van der Waals surface area contributed by atoms with Gasteiger partial charge in [-0.25, -0.2) is 4.79 Å². The summed E-state index contributed by atoms with van der Waals surface area (Å²) in [6.07, 6.45) is 1.64. The van der Waals surface area contributed by atoms with Gasteiger partial charge >= 0.3 is 5.97 Å². The van der Waals surface area contributed by atoms with Crippen molar-refractivity contribution in [3.05, 3.63) is 58.7 Å². The number of carbonyl (C=O) groups excluding carboxylic acids is 2. The van der Waals surface area contributed by atoms with Crippen LogP contribution in [0.15, 0.2) is 36.4 Å². The van der Waals surface area contributed by atoms with E-state index in [0.717, 1.165) is 23.3 Å². The number of benzene rings is 2. The Kier molecular flexibility index (Phi) is 4.27. The lowest BCUT2D eigenvalue weighted by molar-refractivity contribution is -0.139. The molecule has 2 amide bonds. The number of fused-ring (bicyclic) bond motifs is 2. The molecule has 0 radical (unpaired) electrons. The van der Waals surface area contributed by atoms with E-state index in [9.17, 15) is 19.5 Å². The summed E-state index contributed by atoms with van der Waals surface area (Å²) < 4.78 is 5.44. The van der Waals surface area contributed by atoms with Crippen molar-refractivity contribution in [1.82, 2.24) is 5.32 Å². The molecular formula is C20H18N2O5. The van der Waals surface area contributed by atoms with Gasteiger partial charge in [0.2, 0.25) is 5.91 Å². The second kappa shape index (κ2) is 6.75. The second-order valence-electron chi connectivity index (χ2n) is 6.63. The average molecular weight is 366 g/mol. The molecule has 3 N–H and O–H groups in total. The monoisotopic (exact) mass is 366 g/mol. The molecule has 27 heavy (non-hydrogen) atoms. The number of nitrogens with one attached hydrogen (secondary N) is 2. The van der Waals surface area contributed by atoms with Crippen molar-refractivity contribution in [3.8, 4) is 5.75 Å². The number of amides is 2. The minimum absolute atomic E-state index is 0.0498. The highest BCUT2D eigenvalue weighted by Crippen LogP contribution is 2.29. The van der Waals surface area contributed by atoms with Gasteiger partial charge in [-0.05, 0) is 53.4 Å². The number of carboxylic acids is 1. The summed E-state index contributed by atoms with van der Waals surface area (Å²) in [5.74, 6) is -0.900. The number of carboxylic acid groups (broad SMARTS) is 1. The second-order valence-corrected chi connectivity index (χ2v) is 6.63. The normalized spacial score (nSPS) is 15.8. The van der Waals surface area contributed by atoms with Gasteiger partial charge in [0.05, 0.1) is 6.61 Å². The lowest BCUT2D eigenvalue weighted by Crippen LogP contribution is -2.34. The van der Waals surface area contributed by atoms with E-state index in [1.165, 1.54) is 0 Å². The lowest BCUT2D eigenvalue weighted by atomic mass is 9.99. The Morgan fingerprint density at radius 3 is 2.74 bits per heavy atom. The van der Waals surface area contributed by atoms with Crippen LogP contribution in [0.1, 0.15) is 39.5 Å². The van der Waals surface area contributed by atoms with E-state index in [2.05, 4.69) is 10.6 Å². The first-order chi connectivity index (χ1) is 13.0. The van der Waals surface area contributed by atoms with Crippen LogP contribution in [-0.4, -0.2) is 29.5 Å². The molecule has 0 spiro atoms. The van der Waals surface area contributed by atoms with Crippen molar-refractivity contribution >= 4 is 23.5 Å². The van der Waals surface area contributed by atoms with Gasteiger partial charge in [-0.1, -0.05) is 6.07 Å². The molecule has 0 bridgehead atoms. The summed E-state index contributed by atoms with van der Waals surface area (Å²) >= 11 is 0. The number of ether oxygens (including phenoxy) is 1. The first kappa shape index (κ1) is 17.1. The van der Waals surface area contributed by atoms with Gasteiger partial charge in [-0.15, -0.1) is 0 Å². The van der Waals surface area contributed by atoms with Crippen LogP contribution in [0.2, 0.25) is 0 Å². The van der Waals surface area contributed by atoms with E-state index in [-0.39, 0.29) is 5.91 Å². The third-order valence-corrected chi connectivity index (χ3v) is 4.83. The highest BCUT2D eigenvalue weighted by molar-refractivity contribution is 5.99. The standard InChI is InChI=1S/C20H18N2O5/c23-17-6-3-11-9-14(1-4-15(11)21-17)19(24)22-18(20(25)26)13-2-5-16-12(10-13)7-8-27-16/h1-2,4-5,9-10,18H,3,6-8H2,(H,21,23)(H,22,24)(H,25,26). The summed E-state index contributed by atoms with van der Waals surface area (Å²) in [6.45, 7) is 0.578. The van der Waals surface area contributed by atoms with Crippen molar-refractivity contribution in [2.75, 3.05) is 11.9 Å². The van der Waals surface area contributed by atoms with Crippen LogP contribution >= 0.6 is 0 Å². The third kappa shape index (κ3) is 3.36. The summed E-state index contributed by atoms with van der Waals surface area (Å²) in [5.41, 5.74) is 3.36. The molecule has 2 aliphatic rings. The molecule has 0 aliphatic carbocycles. The summed E-state index contributed by atoms with van der Waals surface area (Å²) in [5, 5.41) is 14.9. The zero-order valence-electron chi connectivity index (χ0n) is 14.5. The number of carbonyl (C=O) groups is 3. The predicted octanol–water partition coefficient (Wildman–Crippen LogP) is 2.06. The Morgan fingerprint density at radius 2 is 1.93 bits per heavy atom. The summed E-state index contributed by atoms with van der Waals surface area (Å²) in [7, 11) is 0. The molecule has 2 aromatic rings. The predicted molar refractivity (Wildman–Crippen MR) is 96.9 cm³/mol. The number of anilines is 1. The first-order valence-electron chi connectivity index (χ1n) is 8.73. The maximum atomic E-state index is 12.6. The Morgan fingerprint density at radius 1 is 1.07 bits per heavy atom. The highest BCUT2D eigenvalue weighted by Gasteiger charge is 2.25. The first-order valence-corrected chi connectivity index (χ1v) is 8.73. The number of hydrogen-bond acceptors (Lipinski definition) is 4. The fourth-order valence-electron chi connectivity index (χ4n) is 3.41. The molecule has 4 rings (SSSR count). The molecule has 0 saturated heterocycles. The molecule has 0 aromatic heterocycles. The van der Waals surface area contributed by atoms with Crippen molar-refractivity contribution < 1.29 is 24.2 Å². The van der Waals surface area contributed by atoms with Crippen LogP contribution in [0.3, 0.4) is 0 Å². The molecule has 7 nitrogen and oxygen atoms in total. The van der Waals surface area contributed by atoms with Crippen molar-refractivity contribution in [3.63, 3.8) is 0 Å². The molecule has 7 heteroatoms. The quantitative estimate of drug-likeness (QED) is 0.768. The van der Waals surface area contributed by atoms with Crippen LogP contribution < -0.4 is 15.4 Å². The molecule has 0 saturated carbocycles. The van der Waals surface area contributed by atoms with Gasteiger partial charge < -0.3 is 20.5 Å². The van der Waals surface area contributed by atoms with Crippen LogP contribution in [0.5, 0.6) is 5.75 Å². The third-order valence-electron chi connectivity index (χ3n) is 4.83. The van der Waals surface area contributed by atoms with E-state index in [0.29, 0.717) is 36.3 Å². The van der Waals surface area contributed by atoms with Gasteiger partial charge in [0, 0.05) is 24.1 Å². The van der Waals surface area contributed by atoms with Crippen LogP contribution in [0.4, 0.5) is 5.69 Å². The van der Waals surface area contributed by atoms with Gasteiger partial charge in [0.25, 0.3) is 5.91 Å². The minimum Gasteiger partial charge on any atom is -0.493 e. The Hall–Kier alpha value is -3.35.